The molecule has 2 fully saturated rings. The van der Waals surface area contributed by atoms with Crippen molar-refractivity contribution < 1.29 is 80.8 Å². The first-order chi connectivity index (χ1) is 32.6. The Kier molecular flexibility index (Phi) is 24.1. The van der Waals surface area contributed by atoms with Gasteiger partial charge in [-0.2, -0.15) is 0 Å². The molecule has 0 radical (unpaired) electrons. The van der Waals surface area contributed by atoms with Gasteiger partial charge in [0, 0.05) is 60.4 Å². The van der Waals surface area contributed by atoms with E-state index in [1.165, 1.54) is 28.3 Å². The van der Waals surface area contributed by atoms with Crippen molar-refractivity contribution in [3.63, 3.8) is 0 Å². The Labute approximate surface area is 419 Å². The van der Waals surface area contributed by atoms with E-state index in [9.17, 15) is 24.3 Å². The number of cyclic esters (lactones) is 1. The molecule has 0 aromatic heterocycles. The molecule has 3 heterocycles. The van der Waals surface area contributed by atoms with Gasteiger partial charge < -0.3 is 66.5 Å². The van der Waals surface area contributed by atoms with Gasteiger partial charge in [0.15, 0.2) is 39.4 Å². The van der Waals surface area contributed by atoms with Crippen LogP contribution in [0.25, 0.3) is 0 Å². The summed E-state index contributed by atoms with van der Waals surface area (Å²) < 4.78 is 75.9. The number of carbonyl (C=O) groups is 4. The Morgan fingerprint density at radius 1 is 0.886 bits per heavy atom. The Morgan fingerprint density at radius 2 is 1.51 bits per heavy atom. The number of hydrogen-bond acceptors (Lipinski definition) is 18. The van der Waals surface area contributed by atoms with Gasteiger partial charge in [-0.25, -0.2) is 0 Å². The molecule has 3 rings (SSSR count). The standard InChI is InChI=1S/C51H89NO17Si/c1-19-38(54)65-37-28-40(56)61-31(4)24-22-21-23-25-36(69-70(17,18)50(8,9)10)30(3)26-35(27-41(58-14)59-15)45(46(37)60-16)68-49-47(64-34(7)53)43(52(12)13)44(32(5)63-49)67-42-29-51(11,57)48(33(6)62-42)66-39(55)20-2/h21-23,25,30-33,35-37,41-49,57H,19-20,24,26-29H2,1-18H3/b22-21+,25-23+/t30-,31-,32-,33+,35-,36+,37+,42+,43+,44-,45+,46+,47-,48+,49+,51-/m1/s1. The third-order valence-corrected chi connectivity index (χ3v) is 18.5. The predicted molar refractivity (Wildman–Crippen MR) is 263 cm³/mol. The average Bonchev–Trinajstić information content (AvgIpc) is 3.25. The van der Waals surface area contributed by atoms with Crippen molar-refractivity contribution in [2.24, 2.45) is 11.8 Å². The Hall–Kier alpha value is -2.82. The van der Waals surface area contributed by atoms with E-state index >= 15 is 0 Å². The second-order valence-corrected chi connectivity index (χ2v) is 25.9. The van der Waals surface area contributed by atoms with Crippen LogP contribution in [0.5, 0.6) is 0 Å². The number of rotatable bonds is 17. The van der Waals surface area contributed by atoms with Crippen LogP contribution >= 0.6 is 0 Å². The number of aliphatic hydroxyl groups is 1. The number of nitrogens with zero attached hydrogens (tertiary/aromatic N) is 1. The summed E-state index contributed by atoms with van der Waals surface area (Å²) in [6.07, 6.45) is -3.21. The first-order valence-electron chi connectivity index (χ1n) is 25.0. The minimum atomic E-state index is -2.37. The Balaban J connectivity index is 2.28. The lowest BCUT2D eigenvalue weighted by atomic mass is 9.82. The van der Waals surface area contributed by atoms with Crippen molar-refractivity contribution in [2.75, 3.05) is 35.4 Å². The second kappa shape index (κ2) is 27.5. The summed E-state index contributed by atoms with van der Waals surface area (Å²) in [5, 5.41) is 11.5. The molecule has 18 nitrogen and oxygen atoms in total. The van der Waals surface area contributed by atoms with Crippen molar-refractivity contribution in [3.05, 3.63) is 24.3 Å². The molecular formula is C51H89NO17Si. The quantitative estimate of drug-likeness (QED) is 0.0690. The van der Waals surface area contributed by atoms with Crippen molar-refractivity contribution in [1.82, 2.24) is 4.90 Å². The van der Waals surface area contributed by atoms with Gasteiger partial charge in [0.05, 0.1) is 36.9 Å². The van der Waals surface area contributed by atoms with Crippen LogP contribution in [0.4, 0.5) is 0 Å². The fourth-order valence-electron chi connectivity index (χ4n) is 9.19. The third kappa shape index (κ3) is 17.4. The van der Waals surface area contributed by atoms with Crippen molar-refractivity contribution in [2.45, 2.75) is 231 Å². The summed E-state index contributed by atoms with van der Waals surface area (Å²) in [5.41, 5.74) is -1.52. The van der Waals surface area contributed by atoms with Crippen LogP contribution in [-0.4, -0.2) is 169 Å². The average molecular weight is 1020 g/mol. The van der Waals surface area contributed by atoms with E-state index in [0.29, 0.717) is 12.8 Å². The number of allylic oxidation sites excluding steroid dienone is 2. The lowest BCUT2D eigenvalue weighted by Gasteiger charge is -2.51. The van der Waals surface area contributed by atoms with E-state index in [0.717, 1.165) is 0 Å². The predicted octanol–water partition coefficient (Wildman–Crippen LogP) is 6.79. The zero-order valence-electron chi connectivity index (χ0n) is 45.4. The zero-order valence-corrected chi connectivity index (χ0v) is 46.4. The zero-order chi connectivity index (χ0) is 52.9. The van der Waals surface area contributed by atoms with E-state index < -0.39 is 124 Å². The van der Waals surface area contributed by atoms with Gasteiger partial charge >= 0.3 is 23.9 Å². The fraction of sp³-hybridized carbons (Fsp3) is 0.843. The molecule has 404 valence electrons. The highest BCUT2D eigenvalue weighted by Crippen LogP contribution is 2.42. The number of hydrogen-bond donors (Lipinski definition) is 1. The fourth-order valence-corrected chi connectivity index (χ4v) is 10.5. The van der Waals surface area contributed by atoms with Crippen LogP contribution in [0, 0.1) is 11.8 Å². The first kappa shape index (κ1) is 61.5. The van der Waals surface area contributed by atoms with Gasteiger partial charge in [0.25, 0.3) is 0 Å². The maximum Gasteiger partial charge on any atom is 0.309 e. The number of likely N-dealkylation sites (N-methyl/N-ethyl adjacent to an activating group) is 1. The van der Waals surface area contributed by atoms with Gasteiger partial charge in [-0.15, -0.1) is 0 Å². The first-order valence-corrected chi connectivity index (χ1v) is 27.9. The summed E-state index contributed by atoms with van der Waals surface area (Å²) in [6, 6.07) is -0.752. The van der Waals surface area contributed by atoms with Crippen LogP contribution in [-0.2, 0) is 75.7 Å². The number of esters is 4. The summed E-state index contributed by atoms with van der Waals surface area (Å²) in [6.45, 7) is 24.6. The molecule has 0 aromatic rings. The molecular weight excluding hydrogens is 927 g/mol. The number of methoxy groups -OCH3 is 3. The lowest BCUT2D eigenvalue weighted by molar-refractivity contribution is -0.345. The highest BCUT2D eigenvalue weighted by atomic mass is 28.4. The van der Waals surface area contributed by atoms with Crippen LogP contribution < -0.4 is 0 Å². The summed E-state index contributed by atoms with van der Waals surface area (Å²) in [4.78, 5) is 54.5. The van der Waals surface area contributed by atoms with Crippen molar-refractivity contribution in [1.29, 1.82) is 0 Å². The summed E-state index contributed by atoms with van der Waals surface area (Å²) in [5.74, 6) is -3.04. The van der Waals surface area contributed by atoms with Crippen LogP contribution in [0.1, 0.15) is 121 Å². The van der Waals surface area contributed by atoms with E-state index in [1.807, 2.05) is 37.2 Å². The Morgan fingerprint density at radius 3 is 2.06 bits per heavy atom. The molecule has 0 bridgehead atoms. The van der Waals surface area contributed by atoms with Crippen LogP contribution in [0.2, 0.25) is 18.1 Å². The largest absolute Gasteiger partial charge is 0.462 e. The topological polar surface area (TPSA) is 203 Å². The molecule has 0 amide bonds. The van der Waals surface area contributed by atoms with Gasteiger partial charge in [0.1, 0.15) is 30.0 Å². The van der Waals surface area contributed by atoms with E-state index in [4.69, 9.17) is 56.5 Å². The van der Waals surface area contributed by atoms with Gasteiger partial charge in [-0.1, -0.05) is 65.8 Å². The highest BCUT2D eigenvalue weighted by Gasteiger charge is 2.55. The van der Waals surface area contributed by atoms with Crippen LogP contribution in [0.3, 0.4) is 0 Å². The minimum absolute atomic E-state index is 0.0105. The summed E-state index contributed by atoms with van der Waals surface area (Å²) in [7, 11) is 5.78. The van der Waals surface area contributed by atoms with E-state index in [2.05, 4.69) is 46.9 Å². The molecule has 3 aliphatic heterocycles. The molecule has 70 heavy (non-hydrogen) atoms. The lowest BCUT2D eigenvalue weighted by Crippen LogP contribution is -2.66. The molecule has 0 unspecified atom stereocenters. The normalized spacial score (nSPS) is 36.2. The maximum absolute atomic E-state index is 13.8. The highest BCUT2D eigenvalue weighted by molar-refractivity contribution is 6.74. The Bertz CT molecular complexity index is 1710. The third-order valence-electron chi connectivity index (χ3n) is 14.0. The molecule has 1 N–H and O–H groups in total. The molecule has 3 aliphatic rings. The number of ether oxygens (including phenoxy) is 11. The molecule has 2 saturated heterocycles. The van der Waals surface area contributed by atoms with E-state index in [1.54, 1.807) is 41.5 Å². The smallest absolute Gasteiger partial charge is 0.309 e. The molecule has 0 aliphatic carbocycles. The number of carbonyl (C=O) groups excluding carboxylic acids is 4. The van der Waals surface area contributed by atoms with Crippen molar-refractivity contribution in [3.8, 4) is 0 Å². The molecule has 19 heteroatoms. The molecule has 16 atom stereocenters. The van der Waals surface area contributed by atoms with Gasteiger partial charge in [0.2, 0.25) is 0 Å². The second-order valence-electron chi connectivity index (χ2n) is 21.1. The minimum Gasteiger partial charge on any atom is -0.462 e. The molecule has 0 spiro atoms. The van der Waals surface area contributed by atoms with Crippen molar-refractivity contribution >= 4 is 32.2 Å². The van der Waals surface area contributed by atoms with E-state index in [-0.39, 0.29) is 49.2 Å². The molecule has 0 saturated carbocycles. The van der Waals surface area contributed by atoms with Gasteiger partial charge in [-0.05, 0) is 78.2 Å². The van der Waals surface area contributed by atoms with Gasteiger partial charge in [-0.3, -0.25) is 19.2 Å². The SMILES string of the molecule is CCC(=O)O[C@H]1CC(=O)O[C@H](C)C/C=C/C=C/[C@H](O[Si](C)(C)C(C)(C)C)[C@H](C)C[C@H](CC(OC)OC)[C@H](O[C@@H]2O[C@H](C)[C@@H](O[C@H]3C[C@@](C)(O)[C@@H](OC(=O)CC)[C@H](C)O3)[C@H](N(C)C)[C@H]2OC(C)=O)[C@H]1OC. The molecule has 0 aromatic carbocycles. The van der Waals surface area contributed by atoms with Crippen LogP contribution in [0.15, 0.2) is 24.3 Å². The maximum atomic E-state index is 13.8. The summed E-state index contributed by atoms with van der Waals surface area (Å²) >= 11 is 0. The monoisotopic (exact) mass is 1020 g/mol.